The van der Waals surface area contributed by atoms with Crippen LogP contribution in [0, 0.1) is 41.4 Å². The zero-order valence-electron chi connectivity index (χ0n) is 9.82. The van der Waals surface area contributed by atoms with Crippen molar-refractivity contribution >= 4 is 0 Å². The van der Waals surface area contributed by atoms with Crippen LogP contribution in [0.1, 0.15) is 39.5 Å². The maximum absolute atomic E-state index is 10.2. The highest BCUT2D eigenvalue weighted by atomic mass is 16.3. The number of fused-ring (bicyclic) bond motifs is 2. The summed E-state index contributed by atoms with van der Waals surface area (Å²) < 4.78 is 0. The van der Waals surface area contributed by atoms with Crippen molar-refractivity contribution in [1.29, 1.82) is 0 Å². The summed E-state index contributed by atoms with van der Waals surface area (Å²) in [4.78, 5) is 0. The van der Waals surface area contributed by atoms with Crippen LogP contribution in [0.5, 0.6) is 0 Å². The van der Waals surface area contributed by atoms with E-state index in [0.29, 0.717) is 5.92 Å². The largest absolute Gasteiger partial charge is 0.390 e. The smallest absolute Gasteiger partial charge is 0.0622 e. The summed E-state index contributed by atoms with van der Waals surface area (Å²) in [6, 6.07) is 0. The first-order chi connectivity index (χ1) is 7.05. The van der Waals surface area contributed by atoms with Gasteiger partial charge in [0.15, 0.2) is 0 Å². The molecule has 0 aromatic rings. The molecule has 0 aromatic carbocycles. The maximum atomic E-state index is 10.2. The maximum Gasteiger partial charge on any atom is 0.0622 e. The summed E-state index contributed by atoms with van der Waals surface area (Å²) in [5.74, 6) is 6.86. The third-order valence-corrected chi connectivity index (χ3v) is 6.19. The molecule has 1 nitrogen and oxygen atoms in total. The van der Waals surface area contributed by atoms with Gasteiger partial charge < -0.3 is 5.11 Å². The molecule has 0 radical (unpaired) electrons. The molecule has 4 aliphatic carbocycles. The van der Waals surface area contributed by atoms with Crippen molar-refractivity contribution in [2.24, 2.45) is 41.4 Å². The van der Waals surface area contributed by atoms with Gasteiger partial charge in [-0.05, 0) is 81.0 Å². The Hall–Kier alpha value is -0.0400. The molecule has 0 bridgehead atoms. The van der Waals surface area contributed by atoms with E-state index in [1.165, 1.54) is 19.3 Å². The molecule has 0 spiro atoms. The highest BCUT2D eigenvalue weighted by Crippen LogP contribution is 2.72. The van der Waals surface area contributed by atoms with E-state index in [4.69, 9.17) is 0 Å². The lowest BCUT2D eigenvalue weighted by atomic mass is 9.56. The molecule has 7 atom stereocenters. The topological polar surface area (TPSA) is 20.2 Å². The van der Waals surface area contributed by atoms with Crippen LogP contribution in [0.2, 0.25) is 0 Å². The highest BCUT2D eigenvalue weighted by molar-refractivity contribution is 5.14. The van der Waals surface area contributed by atoms with Crippen LogP contribution >= 0.6 is 0 Å². The molecule has 0 heterocycles. The summed E-state index contributed by atoms with van der Waals surface area (Å²) in [7, 11) is 0. The first-order valence-corrected chi connectivity index (χ1v) is 6.78. The molecule has 0 amide bonds. The molecular formula is C14H22O. The zero-order chi connectivity index (χ0) is 10.4. The van der Waals surface area contributed by atoms with Crippen molar-refractivity contribution in [2.45, 2.75) is 45.1 Å². The molecule has 0 saturated heterocycles. The van der Waals surface area contributed by atoms with Crippen LogP contribution in [0.4, 0.5) is 0 Å². The predicted molar refractivity (Wildman–Crippen MR) is 59.2 cm³/mol. The molecule has 1 N–H and O–H groups in total. The molecule has 4 saturated carbocycles. The van der Waals surface area contributed by atoms with Crippen LogP contribution in [0.3, 0.4) is 0 Å². The number of hydrogen-bond donors (Lipinski definition) is 1. The first-order valence-electron chi connectivity index (χ1n) is 6.78. The molecule has 0 aromatic heterocycles. The Labute approximate surface area is 92.3 Å². The van der Waals surface area contributed by atoms with E-state index in [2.05, 4.69) is 0 Å². The van der Waals surface area contributed by atoms with Crippen molar-refractivity contribution in [2.75, 3.05) is 0 Å². The molecular weight excluding hydrogens is 184 g/mol. The standard InChI is InChI=1S/C14H22O/c1-14(2,15)12-5-8-3-7-4-9(7)10-6-11(12)13(8)10/h7-13,15H,3-6H2,1-2H3. The van der Waals surface area contributed by atoms with Gasteiger partial charge in [-0.1, -0.05) is 0 Å². The van der Waals surface area contributed by atoms with Crippen molar-refractivity contribution in [3.63, 3.8) is 0 Å². The Balaban J connectivity index is 1.62. The van der Waals surface area contributed by atoms with Crippen molar-refractivity contribution < 1.29 is 5.11 Å². The van der Waals surface area contributed by atoms with E-state index >= 15 is 0 Å². The van der Waals surface area contributed by atoms with Crippen LogP contribution in [-0.2, 0) is 0 Å². The van der Waals surface area contributed by atoms with Gasteiger partial charge in [-0.15, -0.1) is 0 Å². The number of aliphatic hydroxyl groups is 1. The van der Waals surface area contributed by atoms with Gasteiger partial charge in [0.25, 0.3) is 0 Å². The van der Waals surface area contributed by atoms with E-state index in [-0.39, 0.29) is 0 Å². The van der Waals surface area contributed by atoms with Crippen LogP contribution in [0.25, 0.3) is 0 Å². The second kappa shape index (κ2) is 2.45. The predicted octanol–water partition coefficient (Wildman–Crippen LogP) is 2.69. The lowest BCUT2D eigenvalue weighted by Crippen LogP contribution is -2.45. The van der Waals surface area contributed by atoms with Crippen molar-refractivity contribution in [1.82, 2.24) is 0 Å². The Kier molecular flexibility index (Phi) is 1.47. The first kappa shape index (κ1) is 9.04. The van der Waals surface area contributed by atoms with E-state index in [0.717, 1.165) is 35.5 Å². The quantitative estimate of drug-likeness (QED) is 0.699. The molecule has 7 unspecified atom stereocenters. The minimum Gasteiger partial charge on any atom is -0.390 e. The van der Waals surface area contributed by atoms with Crippen LogP contribution < -0.4 is 0 Å². The van der Waals surface area contributed by atoms with Gasteiger partial charge in [-0.3, -0.25) is 0 Å². The lowest BCUT2D eigenvalue weighted by Gasteiger charge is -2.49. The Morgan fingerprint density at radius 2 is 1.67 bits per heavy atom. The van der Waals surface area contributed by atoms with E-state index < -0.39 is 5.60 Å². The fourth-order valence-corrected chi connectivity index (χ4v) is 5.52. The molecule has 0 aliphatic heterocycles. The summed E-state index contributed by atoms with van der Waals surface area (Å²) >= 11 is 0. The number of rotatable bonds is 1. The van der Waals surface area contributed by atoms with Gasteiger partial charge in [0.2, 0.25) is 0 Å². The third kappa shape index (κ3) is 1.03. The van der Waals surface area contributed by atoms with Crippen LogP contribution in [-0.4, -0.2) is 10.7 Å². The fourth-order valence-electron chi connectivity index (χ4n) is 5.52. The molecule has 84 valence electrons. The van der Waals surface area contributed by atoms with E-state index in [1.54, 1.807) is 6.42 Å². The normalized spacial score (nSPS) is 60.6. The third-order valence-electron chi connectivity index (χ3n) is 6.19. The summed E-state index contributed by atoms with van der Waals surface area (Å²) in [5.41, 5.74) is -0.419. The average molecular weight is 206 g/mol. The summed E-state index contributed by atoms with van der Waals surface area (Å²) in [6.07, 6.45) is 5.85. The summed E-state index contributed by atoms with van der Waals surface area (Å²) in [5, 5.41) is 10.2. The minimum atomic E-state index is -0.419. The van der Waals surface area contributed by atoms with Gasteiger partial charge in [0, 0.05) is 0 Å². The monoisotopic (exact) mass is 206 g/mol. The van der Waals surface area contributed by atoms with Crippen LogP contribution in [0.15, 0.2) is 0 Å². The van der Waals surface area contributed by atoms with Crippen molar-refractivity contribution in [3.8, 4) is 0 Å². The van der Waals surface area contributed by atoms with Gasteiger partial charge in [0.1, 0.15) is 0 Å². The highest BCUT2D eigenvalue weighted by Gasteiger charge is 2.65. The molecule has 1 heteroatoms. The van der Waals surface area contributed by atoms with E-state index in [1.807, 2.05) is 13.8 Å². The van der Waals surface area contributed by atoms with Gasteiger partial charge >= 0.3 is 0 Å². The molecule has 4 fully saturated rings. The van der Waals surface area contributed by atoms with E-state index in [9.17, 15) is 5.11 Å². The SMILES string of the molecule is CC(C)(O)C1CC2CC3CC3C3CC1C23. The average Bonchev–Trinajstić information content (AvgIpc) is 2.71. The number of hydrogen-bond acceptors (Lipinski definition) is 1. The molecule has 4 aliphatic rings. The summed E-state index contributed by atoms with van der Waals surface area (Å²) in [6.45, 7) is 4.06. The second-order valence-corrected chi connectivity index (χ2v) is 7.29. The molecule has 4 rings (SSSR count). The zero-order valence-corrected chi connectivity index (χ0v) is 9.82. The van der Waals surface area contributed by atoms with Gasteiger partial charge in [-0.25, -0.2) is 0 Å². The molecule has 15 heavy (non-hydrogen) atoms. The Bertz CT molecular complexity index is 303. The van der Waals surface area contributed by atoms with Gasteiger partial charge in [-0.2, -0.15) is 0 Å². The minimum absolute atomic E-state index is 0.419. The Morgan fingerprint density at radius 3 is 2.40 bits per heavy atom. The van der Waals surface area contributed by atoms with Gasteiger partial charge in [0.05, 0.1) is 5.60 Å². The van der Waals surface area contributed by atoms with Crippen molar-refractivity contribution in [3.05, 3.63) is 0 Å². The second-order valence-electron chi connectivity index (χ2n) is 7.29. The Morgan fingerprint density at radius 1 is 0.867 bits per heavy atom. The fraction of sp³-hybridized carbons (Fsp3) is 1.00. The lowest BCUT2D eigenvalue weighted by molar-refractivity contribution is -0.0564.